The van der Waals surface area contributed by atoms with E-state index in [2.05, 4.69) is 43.1 Å². The Morgan fingerprint density at radius 3 is 2.30 bits per heavy atom. The first-order valence-electron chi connectivity index (χ1n) is 7.40. The molecule has 0 fully saturated rings. The van der Waals surface area contributed by atoms with Crippen molar-refractivity contribution in [3.05, 3.63) is 71.8 Å². The Morgan fingerprint density at radius 2 is 1.65 bits per heavy atom. The van der Waals surface area contributed by atoms with E-state index < -0.39 is 0 Å². The van der Waals surface area contributed by atoms with Crippen LogP contribution in [0.25, 0.3) is 0 Å². The van der Waals surface area contributed by atoms with Gasteiger partial charge in [0.2, 0.25) is 0 Å². The van der Waals surface area contributed by atoms with Crippen molar-refractivity contribution in [2.24, 2.45) is 0 Å². The van der Waals surface area contributed by atoms with Gasteiger partial charge in [0.05, 0.1) is 7.11 Å². The molecule has 1 N–H and O–H groups in total. The van der Waals surface area contributed by atoms with Crippen molar-refractivity contribution in [2.45, 2.75) is 20.0 Å². The van der Waals surface area contributed by atoms with Crippen LogP contribution in [0.2, 0.25) is 0 Å². The molecule has 0 aliphatic carbocycles. The molecule has 0 bridgehead atoms. The molecule has 0 saturated carbocycles. The largest absolute Gasteiger partial charge is 1.00 e. The first-order chi connectivity index (χ1) is 10.7. The van der Waals surface area contributed by atoms with Crippen LogP contribution >= 0.6 is 0 Å². The quantitative estimate of drug-likeness (QED) is 0.727. The lowest BCUT2D eigenvalue weighted by molar-refractivity contribution is -0.00000520. The average molecular weight is 333 g/mol. The molecule has 3 nitrogen and oxygen atoms in total. The number of ether oxygens (including phenoxy) is 2. The molecular weight excluding hydrogens is 310 g/mol. The summed E-state index contributed by atoms with van der Waals surface area (Å²) in [4.78, 5) is 0. The summed E-state index contributed by atoms with van der Waals surface area (Å²) >= 11 is 0. The predicted molar refractivity (Wildman–Crippen MR) is 90.4 cm³/mol. The van der Waals surface area contributed by atoms with Gasteiger partial charge in [0.25, 0.3) is 0 Å². The molecule has 0 aromatic heterocycles. The van der Waals surface area contributed by atoms with Gasteiger partial charge >= 0.3 is 0 Å². The monoisotopic (exact) mass is 332 g/mol. The molecule has 0 saturated heterocycles. The first-order valence-corrected chi connectivity index (χ1v) is 7.40. The topological polar surface area (TPSA) is 30.5 Å². The highest BCUT2D eigenvalue weighted by molar-refractivity contribution is 5.43. The molecule has 0 unspecified atom stereocenters. The standard InChI is InChI=1S/C19H23NO2.ClH/c1-4-11-22-18-10-9-17(12-19(18)21-3)14-20-13-16-7-5-15(2)6-8-16;/h4-10,12,20H,1,11,13-14H2,2-3H3;1H/p-1. The van der Waals surface area contributed by atoms with E-state index in [1.165, 1.54) is 11.1 Å². The van der Waals surface area contributed by atoms with Crippen LogP contribution in [-0.4, -0.2) is 13.7 Å². The fourth-order valence-electron chi connectivity index (χ4n) is 2.15. The lowest BCUT2D eigenvalue weighted by atomic mass is 10.1. The summed E-state index contributed by atoms with van der Waals surface area (Å²) < 4.78 is 10.9. The molecule has 0 aliphatic rings. The van der Waals surface area contributed by atoms with Crippen LogP contribution in [0.1, 0.15) is 16.7 Å². The molecule has 0 aliphatic heterocycles. The second-order valence-corrected chi connectivity index (χ2v) is 5.17. The highest BCUT2D eigenvalue weighted by Crippen LogP contribution is 2.28. The number of rotatable bonds is 8. The van der Waals surface area contributed by atoms with E-state index in [9.17, 15) is 0 Å². The fraction of sp³-hybridized carbons (Fsp3) is 0.263. The number of nitrogens with one attached hydrogen (secondary N) is 1. The first kappa shape index (κ1) is 19.1. The lowest BCUT2D eigenvalue weighted by Gasteiger charge is -2.11. The van der Waals surface area contributed by atoms with Crippen LogP contribution in [-0.2, 0) is 13.1 Å². The van der Waals surface area contributed by atoms with Gasteiger partial charge in [-0.15, -0.1) is 0 Å². The number of halogens is 1. The lowest BCUT2D eigenvalue weighted by Crippen LogP contribution is -3.00. The van der Waals surface area contributed by atoms with Gasteiger partial charge in [-0.25, -0.2) is 0 Å². The van der Waals surface area contributed by atoms with E-state index in [1.54, 1.807) is 13.2 Å². The summed E-state index contributed by atoms with van der Waals surface area (Å²) in [5.41, 5.74) is 3.72. The SMILES string of the molecule is C=CCOc1ccc(CNCc2ccc(C)cc2)cc1OC.[Cl-]. The van der Waals surface area contributed by atoms with Crippen molar-refractivity contribution in [1.82, 2.24) is 5.32 Å². The zero-order valence-electron chi connectivity index (χ0n) is 13.6. The van der Waals surface area contributed by atoms with Gasteiger partial charge < -0.3 is 27.2 Å². The van der Waals surface area contributed by atoms with E-state index >= 15 is 0 Å². The van der Waals surface area contributed by atoms with Gasteiger partial charge in [-0.1, -0.05) is 48.6 Å². The van der Waals surface area contributed by atoms with Gasteiger partial charge in [0.15, 0.2) is 11.5 Å². The van der Waals surface area contributed by atoms with Crippen LogP contribution in [0, 0.1) is 6.92 Å². The maximum atomic E-state index is 5.55. The molecule has 0 heterocycles. The third kappa shape index (κ3) is 5.97. The van der Waals surface area contributed by atoms with E-state index in [4.69, 9.17) is 9.47 Å². The molecule has 0 radical (unpaired) electrons. The minimum Gasteiger partial charge on any atom is -1.00 e. The summed E-state index contributed by atoms with van der Waals surface area (Å²) in [6, 6.07) is 14.5. The zero-order valence-corrected chi connectivity index (χ0v) is 14.4. The van der Waals surface area contributed by atoms with Crippen LogP contribution in [0.15, 0.2) is 55.1 Å². The Hall–Kier alpha value is -1.97. The van der Waals surface area contributed by atoms with Gasteiger partial charge in [0, 0.05) is 13.1 Å². The molecule has 0 spiro atoms. The van der Waals surface area contributed by atoms with Crippen molar-refractivity contribution < 1.29 is 21.9 Å². The maximum Gasteiger partial charge on any atom is 0.161 e. The zero-order chi connectivity index (χ0) is 15.8. The van der Waals surface area contributed by atoms with Crippen LogP contribution in [0.3, 0.4) is 0 Å². The van der Waals surface area contributed by atoms with Crippen molar-refractivity contribution in [2.75, 3.05) is 13.7 Å². The number of methoxy groups -OCH3 is 1. The summed E-state index contributed by atoms with van der Waals surface area (Å²) in [7, 11) is 1.65. The minimum absolute atomic E-state index is 0. The second kappa shape index (κ2) is 9.93. The van der Waals surface area contributed by atoms with Crippen molar-refractivity contribution in [3.8, 4) is 11.5 Å². The van der Waals surface area contributed by atoms with Crippen LogP contribution < -0.4 is 27.2 Å². The predicted octanol–water partition coefficient (Wildman–Crippen LogP) is 0.862. The van der Waals surface area contributed by atoms with Crippen LogP contribution in [0.4, 0.5) is 0 Å². The van der Waals surface area contributed by atoms with Crippen molar-refractivity contribution >= 4 is 0 Å². The van der Waals surface area contributed by atoms with Gasteiger partial charge in [-0.3, -0.25) is 0 Å². The molecule has 124 valence electrons. The molecule has 4 heteroatoms. The summed E-state index contributed by atoms with van der Waals surface area (Å²) in [6.45, 7) is 7.85. The Kier molecular flexibility index (Phi) is 8.23. The summed E-state index contributed by atoms with van der Waals surface area (Å²) in [5.74, 6) is 1.49. The third-order valence-electron chi connectivity index (χ3n) is 3.36. The highest BCUT2D eigenvalue weighted by Gasteiger charge is 2.05. The number of aryl methyl sites for hydroxylation is 1. The Labute approximate surface area is 144 Å². The summed E-state index contributed by atoms with van der Waals surface area (Å²) in [5, 5.41) is 3.44. The molecule has 0 amide bonds. The second-order valence-electron chi connectivity index (χ2n) is 5.17. The fourth-order valence-corrected chi connectivity index (χ4v) is 2.15. The number of benzene rings is 2. The van der Waals surface area contributed by atoms with Crippen molar-refractivity contribution in [1.29, 1.82) is 0 Å². The van der Waals surface area contributed by atoms with E-state index in [1.807, 2.05) is 18.2 Å². The van der Waals surface area contributed by atoms with E-state index in [0.717, 1.165) is 30.2 Å². The molecule has 0 atom stereocenters. The van der Waals surface area contributed by atoms with Gasteiger partial charge in [-0.05, 0) is 30.2 Å². The van der Waals surface area contributed by atoms with E-state index in [0.29, 0.717) is 6.61 Å². The smallest absolute Gasteiger partial charge is 0.161 e. The maximum absolute atomic E-state index is 5.55. The summed E-state index contributed by atoms with van der Waals surface area (Å²) in [6.07, 6.45) is 1.72. The molecule has 23 heavy (non-hydrogen) atoms. The third-order valence-corrected chi connectivity index (χ3v) is 3.36. The Balaban J connectivity index is 0.00000264. The van der Waals surface area contributed by atoms with Crippen molar-refractivity contribution in [3.63, 3.8) is 0 Å². The van der Waals surface area contributed by atoms with Crippen LogP contribution in [0.5, 0.6) is 11.5 Å². The van der Waals surface area contributed by atoms with Gasteiger partial charge in [0.1, 0.15) is 6.61 Å². The number of hydrogen-bond donors (Lipinski definition) is 1. The number of hydrogen-bond acceptors (Lipinski definition) is 3. The molecule has 2 aromatic carbocycles. The molecule has 2 aromatic rings. The molecular formula is C19H23ClNO2-. The Bertz CT molecular complexity index is 611. The normalized spacial score (nSPS) is 9.83. The van der Waals surface area contributed by atoms with Gasteiger partial charge in [-0.2, -0.15) is 0 Å². The average Bonchev–Trinajstić information content (AvgIpc) is 2.55. The highest BCUT2D eigenvalue weighted by atomic mass is 35.5. The van der Waals surface area contributed by atoms with E-state index in [-0.39, 0.29) is 12.4 Å². The Morgan fingerprint density at radius 1 is 1.00 bits per heavy atom. The minimum atomic E-state index is 0. The molecule has 2 rings (SSSR count).